The predicted octanol–water partition coefficient (Wildman–Crippen LogP) is 3.88. The molecule has 0 amide bonds. The van der Waals surface area contributed by atoms with Crippen LogP contribution in [-0.4, -0.2) is 25.5 Å². The standard InChI is InChI=1S/C20H16O5/c1-23-16-9-6-14(7-10-16)8-11-20(22)24-13-17(21)19-12-15-4-2-3-5-18(15)25-19/h2-12H,13H2,1H3/b11-8+. The molecular weight excluding hydrogens is 320 g/mol. The van der Waals surface area contributed by atoms with Crippen LogP contribution in [0.2, 0.25) is 0 Å². The Balaban J connectivity index is 1.55. The number of para-hydroxylation sites is 1. The highest BCUT2D eigenvalue weighted by Crippen LogP contribution is 2.19. The van der Waals surface area contributed by atoms with Crippen LogP contribution in [-0.2, 0) is 9.53 Å². The largest absolute Gasteiger partial charge is 0.497 e. The van der Waals surface area contributed by atoms with Gasteiger partial charge >= 0.3 is 5.97 Å². The number of ketones is 1. The maximum Gasteiger partial charge on any atom is 0.331 e. The van der Waals surface area contributed by atoms with Crippen molar-refractivity contribution in [2.24, 2.45) is 0 Å². The Morgan fingerprint density at radius 3 is 2.56 bits per heavy atom. The van der Waals surface area contributed by atoms with Crippen molar-refractivity contribution >= 4 is 28.8 Å². The third-order valence-electron chi connectivity index (χ3n) is 3.57. The summed E-state index contributed by atoms with van der Waals surface area (Å²) < 4.78 is 15.5. The number of esters is 1. The van der Waals surface area contributed by atoms with E-state index < -0.39 is 5.97 Å². The van der Waals surface area contributed by atoms with Crippen LogP contribution in [0.25, 0.3) is 17.0 Å². The second-order valence-corrected chi connectivity index (χ2v) is 5.29. The number of Topliss-reactive ketones (excluding diaryl/α,β-unsaturated/α-hetero) is 1. The molecule has 126 valence electrons. The SMILES string of the molecule is COc1ccc(/C=C/C(=O)OCC(=O)c2cc3ccccc3o2)cc1. The molecule has 0 saturated carbocycles. The molecule has 0 spiro atoms. The molecule has 0 fully saturated rings. The number of fused-ring (bicyclic) bond motifs is 1. The molecule has 5 nitrogen and oxygen atoms in total. The highest BCUT2D eigenvalue weighted by Gasteiger charge is 2.13. The molecule has 3 rings (SSSR count). The number of rotatable bonds is 6. The van der Waals surface area contributed by atoms with Crippen LogP contribution in [0.3, 0.4) is 0 Å². The van der Waals surface area contributed by atoms with Gasteiger partial charge in [-0.25, -0.2) is 4.79 Å². The lowest BCUT2D eigenvalue weighted by atomic mass is 10.2. The summed E-state index contributed by atoms with van der Waals surface area (Å²) in [5, 5.41) is 0.830. The number of carbonyl (C=O) groups excluding carboxylic acids is 2. The Labute approximate surface area is 144 Å². The summed E-state index contributed by atoms with van der Waals surface area (Å²) in [6.45, 7) is -0.369. The maximum atomic E-state index is 12.1. The average Bonchev–Trinajstić information content (AvgIpc) is 3.09. The van der Waals surface area contributed by atoms with E-state index in [1.807, 2.05) is 30.3 Å². The Morgan fingerprint density at radius 1 is 1.08 bits per heavy atom. The molecular formula is C20H16O5. The number of carbonyl (C=O) groups is 2. The zero-order chi connectivity index (χ0) is 17.6. The molecule has 0 atom stereocenters. The van der Waals surface area contributed by atoms with Gasteiger partial charge in [0, 0.05) is 11.5 Å². The fraction of sp³-hybridized carbons (Fsp3) is 0.100. The van der Waals surface area contributed by atoms with Crippen molar-refractivity contribution in [1.82, 2.24) is 0 Å². The monoisotopic (exact) mass is 336 g/mol. The number of hydrogen-bond donors (Lipinski definition) is 0. The molecule has 25 heavy (non-hydrogen) atoms. The zero-order valence-electron chi connectivity index (χ0n) is 13.6. The van der Waals surface area contributed by atoms with E-state index >= 15 is 0 Å². The van der Waals surface area contributed by atoms with Gasteiger partial charge in [-0.05, 0) is 35.9 Å². The average molecular weight is 336 g/mol. The van der Waals surface area contributed by atoms with Gasteiger partial charge in [-0.1, -0.05) is 30.3 Å². The van der Waals surface area contributed by atoms with Crippen molar-refractivity contribution < 1.29 is 23.5 Å². The summed E-state index contributed by atoms with van der Waals surface area (Å²) in [5.41, 5.74) is 1.44. The zero-order valence-corrected chi connectivity index (χ0v) is 13.6. The quantitative estimate of drug-likeness (QED) is 0.388. The Bertz CT molecular complexity index is 886. The number of methoxy groups -OCH3 is 1. The van der Waals surface area contributed by atoms with Gasteiger partial charge in [-0.15, -0.1) is 0 Å². The molecule has 5 heteroatoms. The molecule has 0 aliphatic heterocycles. The van der Waals surface area contributed by atoms with Crippen LogP contribution in [0.1, 0.15) is 16.1 Å². The topological polar surface area (TPSA) is 65.7 Å². The summed E-state index contributed by atoms with van der Waals surface area (Å²) >= 11 is 0. The number of benzene rings is 2. The lowest BCUT2D eigenvalue weighted by Crippen LogP contribution is -2.11. The number of ether oxygens (including phenoxy) is 2. The van der Waals surface area contributed by atoms with Crippen molar-refractivity contribution in [3.05, 3.63) is 72.0 Å². The third-order valence-corrected chi connectivity index (χ3v) is 3.57. The maximum absolute atomic E-state index is 12.1. The molecule has 0 N–H and O–H groups in total. The van der Waals surface area contributed by atoms with E-state index in [1.54, 1.807) is 37.5 Å². The first-order valence-electron chi connectivity index (χ1n) is 7.66. The van der Waals surface area contributed by atoms with E-state index in [0.717, 1.165) is 16.7 Å². The Kier molecular flexibility index (Phi) is 4.95. The first-order valence-corrected chi connectivity index (χ1v) is 7.66. The lowest BCUT2D eigenvalue weighted by molar-refractivity contribution is -0.136. The highest BCUT2D eigenvalue weighted by atomic mass is 16.5. The van der Waals surface area contributed by atoms with E-state index in [2.05, 4.69) is 0 Å². The van der Waals surface area contributed by atoms with Gasteiger partial charge in [0.1, 0.15) is 11.3 Å². The second-order valence-electron chi connectivity index (χ2n) is 5.29. The summed E-state index contributed by atoms with van der Waals surface area (Å²) in [7, 11) is 1.58. The van der Waals surface area contributed by atoms with Gasteiger partial charge in [0.05, 0.1) is 7.11 Å². The van der Waals surface area contributed by atoms with E-state index in [1.165, 1.54) is 6.08 Å². The molecule has 1 heterocycles. The summed E-state index contributed by atoms with van der Waals surface area (Å²) in [6.07, 6.45) is 2.88. The Morgan fingerprint density at radius 2 is 1.84 bits per heavy atom. The summed E-state index contributed by atoms with van der Waals surface area (Å²) in [5.74, 6) is -0.0769. The molecule has 0 unspecified atom stereocenters. The smallest absolute Gasteiger partial charge is 0.331 e. The van der Waals surface area contributed by atoms with Gasteiger partial charge < -0.3 is 13.9 Å². The van der Waals surface area contributed by atoms with Crippen LogP contribution >= 0.6 is 0 Å². The van der Waals surface area contributed by atoms with E-state index in [-0.39, 0.29) is 18.2 Å². The van der Waals surface area contributed by atoms with E-state index in [4.69, 9.17) is 13.9 Å². The normalized spacial score (nSPS) is 10.9. The summed E-state index contributed by atoms with van der Waals surface area (Å²) in [4.78, 5) is 23.8. The number of hydrogen-bond acceptors (Lipinski definition) is 5. The van der Waals surface area contributed by atoms with Crippen LogP contribution in [0.4, 0.5) is 0 Å². The van der Waals surface area contributed by atoms with E-state index in [9.17, 15) is 9.59 Å². The molecule has 0 radical (unpaired) electrons. The predicted molar refractivity (Wildman–Crippen MR) is 93.5 cm³/mol. The fourth-order valence-corrected chi connectivity index (χ4v) is 2.25. The Hall–Kier alpha value is -3.34. The molecule has 0 aliphatic rings. The molecule has 0 saturated heterocycles. The first kappa shape index (κ1) is 16.5. The van der Waals surface area contributed by atoms with Crippen molar-refractivity contribution in [2.75, 3.05) is 13.7 Å². The van der Waals surface area contributed by atoms with Crippen LogP contribution in [0, 0.1) is 0 Å². The van der Waals surface area contributed by atoms with Gasteiger partial charge in [0.2, 0.25) is 5.78 Å². The molecule has 1 aromatic heterocycles. The number of furan rings is 1. The second kappa shape index (κ2) is 7.49. The first-order chi connectivity index (χ1) is 12.2. The molecule has 3 aromatic rings. The highest BCUT2D eigenvalue weighted by molar-refractivity contribution is 5.99. The van der Waals surface area contributed by atoms with Crippen LogP contribution in [0.15, 0.2) is 65.1 Å². The van der Waals surface area contributed by atoms with Gasteiger partial charge in [0.25, 0.3) is 0 Å². The van der Waals surface area contributed by atoms with Crippen LogP contribution in [0.5, 0.6) is 5.75 Å². The van der Waals surface area contributed by atoms with E-state index in [0.29, 0.717) is 5.58 Å². The minimum atomic E-state index is -0.597. The van der Waals surface area contributed by atoms with Crippen molar-refractivity contribution in [2.45, 2.75) is 0 Å². The fourth-order valence-electron chi connectivity index (χ4n) is 2.25. The minimum absolute atomic E-state index is 0.174. The molecule has 0 bridgehead atoms. The van der Waals surface area contributed by atoms with Gasteiger partial charge in [-0.2, -0.15) is 0 Å². The van der Waals surface area contributed by atoms with Gasteiger partial charge in [0.15, 0.2) is 12.4 Å². The van der Waals surface area contributed by atoms with Crippen molar-refractivity contribution in [1.29, 1.82) is 0 Å². The lowest BCUT2D eigenvalue weighted by Gasteiger charge is -2.00. The molecule has 2 aromatic carbocycles. The van der Waals surface area contributed by atoms with Crippen LogP contribution < -0.4 is 4.74 Å². The third kappa shape index (κ3) is 4.14. The van der Waals surface area contributed by atoms with Crippen molar-refractivity contribution in [3.63, 3.8) is 0 Å². The molecule has 0 aliphatic carbocycles. The summed E-state index contributed by atoms with van der Waals surface area (Å²) in [6, 6.07) is 16.1. The van der Waals surface area contributed by atoms with Crippen molar-refractivity contribution in [3.8, 4) is 5.75 Å². The minimum Gasteiger partial charge on any atom is -0.497 e. The van der Waals surface area contributed by atoms with Gasteiger partial charge in [-0.3, -0.25) is 4.79 Å².